The number of carbonyl (C=O) groups excluding carboxylic acids is 1. The van der Waals surface area contributed by atoms with E-state index in [4.69, 9.17) is 9.47 Å². The first-order valence-electron chi connectivity index (χ1n) is 3.47. The SMILES string of the molecule is CC(C)[C@H]1OC(=O)[C@H](C)O1. The van der Waals surface area contributed by atoms with Gasteiger partial charge in [0.2, 0.25) is 6.29 Å². The van der Waals surface area contributed by atoms with Crippen molar-refractivity contribution < 1.29 is 14.3 Å². The molecule has 0 aromatic carbocycles. The quantitative estimate of drug-likeness (QED) is 0.513. The Morgan fingerprint density at radius 2 is 2.10 bits per heavy atom. The Kier molecular flexibility index (Phi) is 1.94. The minimum Gasteiger partial charge on any atom is -0.434 e. The first-order chi connectivity index (χ1) is 4.61. The summed E-state index contributed by atoms with van der Waals surface area (Å²) in [7, 11) is 0. The Bertz CT molecular complexity index is 142. The Morgan fingerprint density at radius 1 is 1.50 bits per heavy atom. The molecule has 0 aromatic heterocycles. The molecule has 1 heterocycles. The maximum absolute atomic E-state index is 10.7. The normalized spacial score (nSPS) is 33.0. The summed E-state index contributed by atoms with van der Waals surface area (Å²) >= 11 is 0. The van der Waals surface area contributed by atoms with Crippen LogP contribution in [0.25, 0.3) is 0 Å². The van der Waals surface area contributed by atoms with Crippen LogP contribution in [0.3, 0.4) is 0 Å². The Balaban J connectivity index is 2.49. The number of ether oxygens (including phenoxy) is 2. The average molecular weight is 144 g/mol. The Morgan fingerprint density at radius 3 is 2.30 bits per heavy atom. The van der Waals surface area contributed by atoms with E-state index in [1.54, 1.807) is 6.92 Å². The maximum atomic E-state index is 10.7. The maximum Gasteiger partial charge on any atom is 0.337 e. The number of hydrogen-bond acceptors (Lipinski definition) is 3. The van der Waals surface area contributed by atoms with E-state index in [2.05, 4.69) is 0 Å². The number of rotatable bonds is 1. The largest absolute Gasteiger partial charge is 0.434 e. The van der Waals surface area contributed by atoms with Gasteiger partial charge in [-0.25, -0.2) is 4.79 Å². The van der Waals surface area contributed by atoms with Crippen LogP contribution in [0.2, 0.25) is 0 Å². The number of cyclic esters (lactones) is 1. The fraction of sp³-hybridized carbons (Fsp3) is 0.857. The molecule has 0 N–H and O–H groups in total. The molecule has 1 aliphatic rings. The third kappa shape index (κ3) is 1.29. The standard InChI is InChI=1S/C7H12O3/c1-4(2)7-9-5(3)6(8)10-7/h4-5,7H,1-3H3/t5-,7+/m0/s1. The zero-order valence-electron chi connectivity index (χ0n) is 6.46. The van der Waals surface area contributed by atoms with Crippen LogP contribution in [0, 0.1) is 5.92 Å². The molecule has 0 spiro atoms. The fourth-order valence-electron chi connectivity index (χ4n) is 0.788. The number of carbonyl (C=O) groups is 1. The Labute approximate surface area is 60.3 Å². The second-order valence-electron chi connectivity index (χ2n) is 2.83. The minimum absolute atomic E-state index is 0.244. The molecule has 0 unspecified atom stereocenters. The van der Waals surface area contributed by atoms with Crippen LogP contribution in [0.1, 0.15) is 20.8 Å². The average Bonchev–Trinajstić information content (AvgIpc) is 2.13. The number of hydrogen-bond donors (Lipinski definition) is 0. The first-order valence-corrected chi connectivity index (χ1v) is 3.47. The van der Waals surface area contributed by atoms with E-state index in [0.717, 1.165) is 0 Å². The van der Waals surface area contributed by atoms with Gasteiger partial charge in [0.1, 0.15) is 0 Å². The van der Waals surface area contributed by atoms with Crippen LogP contribution < -0.4 is 0 Å². The van der Waals surface area contributed by atoms with Crippen LogP contribution in [0.15, 0.2) is 0 Å². The van der Waals surface area contributed by atoms with Crippen molar-refractivity contribution >= 4 is 5.97 Å². The molecule has 2 atom stereocenters. The molecular weight excluding hydrogens is 132 g/mol. The van der Waals surface area contributed by atoms with E-state index in [0.29, 0.717) is 0 Å². The van der Waals surface area contributed by atoms with Crippen molar-refractivity contribution in [2.24, 2.45) is 5.92 Å². The van der Waals surface area contributed by atoms with Gasteiger partial charge in [0, 0.05) is 5.92 Å². The highest BCUT2D eigenvalue weighted by molar-refractivity contribution is 5.75. The van der Waals surface area contributed by atoms with Gasteiger partial charge < -0.3 is 9.47 Å². The highest BCUT2D eigenvalue weighted by Gasteiger charge is 2.33. The van der Waals surface area contributed by atoms with Gasteiger partial charge >= 0.3 is 5.97 Å². The monoisotopic (exact) mass is 144 g/mol. The summed E-state index contributed by atoms with van der Waals surface area (Å²) in [6.45, 7) is 5.61. The lowest BCUT2D eigenvalue weighted by Crippen LogP contribution is -2.16. The molecule has 1 saturated heterocycles. The van der Waals surface area contributed by atoms with Gasteiger partial charge in [0.25, 0.3) is 0 Å². The second kappa shape index (κ2) is 2.58. The predicted molar refractivity (Wildman–Crippen MR) is 35.3 cm³/mol. The molecule has 10 heavy (non-hydrogen) atoms. The summed E-state index contributed by atoms with van der Waals surface area (Å²) in [5.74, 6) is -0.00685. The lowest BCUT2D eigenvalue weighted by Gasteiger charge is -2.11. The van der Waals surface area contributed by atoms with Crippen LogP contribution in [0.5, 0.6) is 0 Å². The molecule has 0 radical (unpaired) electrons. The van der Waals surface area contributed by atoms with Gasteiger partial charge in [0.05, 0.1) is 0 Å². The zero-order valence-corrected chi connectivity index (χ0v) is 6.46. The van der Waals surface area contributed by atoms with Crippen LogP contribution in [-0.2, 0) is 14.3 Å². The smallest absolute Gasteiger partial charge is 0.337 e. The molecule has 0 amide bonds. The molecule has 1 aliphatic heterocycles. The molecule has 0 saturated carbocycles. The summed E-state index contributed by atoms with van der Waals surface area (Å²) < 4.78 is 10.0. The van der Waals surface area contributed by atoms with E-state index < -0.39 is 0 Å². The molecule has 0 bridgehead atoms. The minimum atomic E-state index is -0.382. The van der Waals surface area contributed by atoms with E-state index in [-0.39, 0.29) is 24.3 Å². The van der Waals surface area contributed by atoms with Crippen molar-refractivity contribution in [2.45, 2.75) is 33.2 Å². The van der Waals surface area contributed by atoms with Gasteiger partial charge in [0.15, 0.2) is 6.10 Å². The van der Waals surface area contributed by atoms with Gasteiger partial charge in [-0.3, -0.25) is 0 Å². The van der Waals surface area contributed by atoms with Crippen molar-refractivity contribution in [3.63, 3.8) is 0 Å². The van der Waals surface area contributed by atoms with Crippen molar-refractivity contribution in [3.8, 4) is 0 Å². The summed E-state index contributed by atoms with van der Waals surface area (Å²) in [5, 5.41) is 0. The first kappa shape index (κ1) is 7.54. The molecule has 1 rings (SSSR count). The molecule has 3 heteroatoms. The third-order valence-corrected chi connectivity index (χ3v) is 1.45. The summed E-state index contributed by atoms with van der Waals surface area (Å²) in [6, 6.07) is 0. The van der Waals surface area contributed by atoms with E-state index in [1.807, 2.05) is 13.8 Å². The molecule has 58 valence electrons. The fourth-order valence-corrected chi connectivity index (χ4v) is 0.788. The summed E-state index contributed by atoms with van der Waals surface area (Å²) in [5.41, 5.74) is 0. The van der Waals surface area contributed by atoms with Crippen molar-refractivity contribution in [1.29, 1.82) is 0 Å². The number of esters is 1. The van der Waals surface area contributed by atoms with Gasteiger partial charge in [-0.05, 0) is 6.92 Å². The van der Waals surface area contributed by atoms with Crippen LogP contribution in [0.4, 0.5) is 0 Å². The van der Waals surface area contributed by atoms with Crippen molar-refractivity contribution in [3.05, 3.63) is 0 Å². The molecule has 0 aromatic rings. The van der Waals surface area contributed by atoms with E-state index >= 15 is 0 Å². The van der Waals surface area contributed by atoms with Crippen molar-refractivity contribution in [2.75, 3.05) is 0 Å². The van der Waals surface area contributed by atoms with Gasteiger partial charge in [-0.15, -0.1) is 0 Å². The Hall–Kier alpha value is -0.570. The van der Waals surface area contributed by atoms with E-state index in [9.17, 15) is 4.79 Å². The van der Waals surface area contributed by atoms with Crippen LogP contribution >= 0.6 is 0 Å². The van der Waals surface area contributed by atoms with Gasteiger partial charge in [-0.1, -0.05) is 13.8 Å². The van der Waals surface area contributed by atoms with E-state index in [1.165, 1.54) is 0 Å². The topological polar surface area (TPSA) is 35.5 Å². The summed E-state index contributed by atoms with van der Waals surface area (Å²) in [6.07, 6.45) is -0.713. The van der Waals surface area contributed by atoms with Crippen molar-refractivity contribution in [1.82, 2.24) is 0 Å². The molecule has 0 aliphatic carbocycles. The highest BCUT2D eigenvalue weighted by Crippen LogP contribution is 2.18. The highest BCUT2D eigenvalue weighted by atomic mass is 16.8. The molecule has 3 nitrogen and oxygen atoms in total. The van der Waals surface area contributed by atoms with Crippen LogP contribution in [-0.4, -0.2) is 18.4 Å². The second-order valence-corrected chi connectivity index (χ2v) is 2.83. The zero-order chi connectivity index (χ0) is 7.72. The summed E-state index contributed by atoms with van der Waals surface area (Å²) in [4.78, 5) is 10.7. The predicted octanol–water partition coefficient (Wildman–Crippen LogP) is 0.930. The molecule has 1 fully saturated rings. The third-order valence-electron chi connectivity index (χ3n) is 1.45. The lowest BCUT2D eigenvalue weighted by atomic mass is 10.2. The molecular formula is C7H12O3. The van der Waals surface area contributed by atoms with Gasteiger partial charge in [-0.2, -0.15) is 0 Å². The lowest BCUT2D eigenvalue weighted by molar-refractivity contribution is -0.146.